The first kappa shape index (κ1) is 14.8. The molecule has 0 radical (unpaired) electrons. The summed E-state index contributed by atoms with van der Waals surface area (Å²) < 4.78 is 45.7. The van der Waals surface area contributed by atoms with Crippen molar-refractivity contribution in [1.82, 2.24) is 0 Å². The fraction of sp³-hybridized carbons (Fsp3) is 0.250. The zero-order chi connectivity index (χ0) is 15.7. The van der Waals surface area contributed by atoms with E-state index in [1.54, 1.807) is 12.1 Å². The maximum absolute atomic E-state index is 13.8. The highest BCUT2D eigenvalue weighted by Gasteiger charge is 2.29. The Labute approximate surface area is 129 Å². The Morgan fingerprint density at radius 3 is 2.68 bits per heavy atom. The summed E-state index contributed by atoms with van der Waals surface area (Å²) in [6.07, 6.45) is 1.59. The third-order valence-electron chi connectivity index (χ3n) is 3.78. The van der Waals surface area contributed by atoms with Crippen LogP contribution in [0.3, 0.4) is 0 Å². The number of aryl methyl sites for hydroxylation is 1. The molecule has 0 saturated carbocycles. The predicted octanol–water partition coefficient (Wildman–Crippen LogP) is 2.98. The molecule has 0 bridgehead atoms. The quantitative estimate of drug-likeness (QED) is 0.873. The van der Waals surface area contributed by atoms with Crippen molar-refractivity contribution in [3.05, 3.63) is 53.8 Å². The SMILES string of the molecule is COc1ccc(S(=O)(=O)N2CCCc3ccccc32)cc1F. The molecule has 0 saturated heterocycles. The van der Waals surface area contributed by atoms with Crippen molar-refractivity contribution in [1.29, 1.82) is 0 Å². The van der Waals surface area contributed by atoms with E-state index < -0.39 is 15.8 Å². The van der Waals surface area contributed by atoms with Gasteiger partial charge in [-0.1, -0.05) is 18.2 Å². The van der Waals surface area contributed by atoms with Crippen LogP contribution in [-0.4, -0.2) is 22.1 Å². The summed E-state index contributed by atoms with van der Waals surface area (Å²) >= 11 is 0. The van der Waals surface area contributed by atoms with E-state index in [1.807, 2.05) is 12.1 Å². The van der Waals surface area contributed by atoms with Gasteiger partial charge in [0.2, 0.25) is 0 Å². The van der Waals surface area contributed by atoms with E-state index in [0.717, 1.165) is 24.5 Å². The van der Waals surface area contributed by atoms with Crippen molar-refractivity contribution in [2.45, 2.75) is 17.7 Å². The molecule has 1 heterocycles. The Bertz CT molecular complexity index is 805. The van der Waals surface area contributed by atoms with Gasteiger partial charge >= 0.3 is 0 Å². The van der Waals surface area contributed by atoms with Gasteiger partial charge in [-0.15, -0.1) is 0 Å². The highest BCUT2D eigenvalue weighted by atomic mass is 32.2. The topological polar surface area (TPSA) is 46.6 Å². The number of fused-ring (bicyclic) bond motifs is 1. The van der Waals surface area contributed by atoms with Crippen LogP contribution in [0, 0.1) is 5.82 Å². The third kappa shape index (κ3) is 2.43. The van der Waals surface area contributed by atoms with E-state index in [1.165, 1.54) is 23.5 Å². The highest BCUT2D eigenvalue weighted by molar-refractivity contribution is 7.92. The second-order valence-electron chi connectivity index (χ2n) is 5.11. The van der Waals surface area contributed by atoms with Crippen molar-refractivity contribution in [2.24, 2.45) is 0 Å². The second kappa shape index (κ2) is 5.61. The van der Waals surface area contributed by atoms with Gasteiger partial charge in [0.1, 0.15) is 0 Å². The third-order valence-corrected chi connectivity index (χ3v) is 5.59. The fourth-order valence-electron chi connectivity index (χ4n) is 2.68. The highest BCUT2D eigenvalue weighted by Crippen LogP contribution is 2.32. The number of hydrogen-bond donors (Lipinski definition) is 0. The molecule has 1 aliphatic heterocycles. The molecule has 3 rings (SSSR count). The predicted molar refractivity (Wildman–Crippen MR) is 82.2 cm³/mol. The van der Waals surface area contributed by atoms with Gasteiger partial charge in [0, 0.05) is 6.54 Å². The zero-order valence-corrected chi connectivity index (χ0v) is 12.9. The number of hydrogen-bond acceptors (Lipinski definition) is 3. The van der Waals surface area contributed by atoms with E-state index in [-0.39, 0.29) is 10.6 Å². The molecule has 0 unspecified atom stereocenters. The maximum atomic E-state index is 13.8. The van der Waals surface area contributed by atoms with Gasteiger partial charge < -0.3 is 4.74 Å². The summed E-state index contributed by atoms with van der Waals surface area (Å²) in [5.41, 5.74) is 1.66. The number of ether oxygens (including phenoxy) is 1. The Hall–Kier alpha value is -2.08. The lowest BCUT2D eigenvalue weighted by Gasteiger charge is -2.30. The lowest BCUT2D eigenvalue weighted by molar-refractivity contribution is 0.385. The monoisotopic (exact) mass is 321 g/mol. The maximum Gasteiger partial charge on any atom is 0.264 e. The van der Waals surface area contributed by atoms with Crippen LogP contribution in [0.25, 0.3) is 0 Å². The number of halogens is 1. The van der Waals surface area contributed by atoms with Crippen LogP contribution >= 0.6 is 0 Å². The van der Waals surface area contributed by atoms with E-state index >= 15 is 0 Å². The van der Waals surface area contributed by atoms with Crippen LogP contribution in [0.5, 0.6) is 5.75 Å². The molecule has 0 fully saturated rings. The first-order valence-electron chi connectivity index (χ1n) is 6.98. The van der Waals surface area contributed by atoms with Crippen LogP contribution < -0.4 is 9.04 Å². The van der Waals surface area contributed by atoms with Crippen LogP contribution in [0.2, 0.25) is 0 Å². The molecule has 2 aromatic rings. The van der Waals surface area contributed by atoms with E-state index in [2.05, 4.69) is 0 Å². The van der Waals surface area contributed by atoms with Crippen LogP contribution in [0.4, 0.5) is 10.1 Å². The summed E-state index contributed by atoms with van der Waals surface area (Å²) in [6, 6.07) is 11.1. The lowest BCUT2D eigenvalue weighted by atomic mass is 10.0. The summed E-state index contributed by atoms with van der Waals surface area (Å²) in [6.45, 7) is 0.396. The van der Waals surface area contributed by atoms with Gasteiger partial charge in [-0.3, -0.25) is 4.31 Å². The minimum Gasteiger partial charge on any atom is -0.494 e. The molecule has 2 aromatic carbocycles. The summed E-state index contributed by atoms with van der Waals surface area (Å²) in [5, 5.41) is 0. The van der Waals surface area contributed by atoms with Crippen LogP contribution in [-0.2, 0) is 16.4 Å². The van der Waals surface area contributed by atoms with Crippen LogP contribution in [0.15, 0.2) is 47.4 Å². The van der Waals surface area contributed by atoms with Gasteiger partial charge in [0.05, 0.1) is 17.7 Å². The van der Waals surface area contributed by atoms with Crippen molar-refractivity contribution in [3.63, 3.8) is 0 Å². The van der Waals surface area contributed by atoms with Crippen LogP contribution in [0.1, 0.15) is 12.0 Å². The molecule has 0 atom stereocenters. The molecule has 4 nitrogen and oxygen atoms in total. The van der Waals surface area contributed by atoms with Gasteiger partial charge in [-0.25, -0.2) is 12.8 Å². The number of sulfonamides is 1. The lowest BCUT2D eigenvalue weighted by Crippen LogP contribution is -2.35. The fourth-order valence-corrected chi connectivity index (χ4v) is 4.24. The number of anilines is 1. The molecular weight excluding hydrogens is 305 g/mol. The van der Waals surface area contributed by atoms with Gasteiger partial charge in [-0.05, 0) is 42.7 Å². The molecule has 6 heteroatoms. The molecule has 0 aromatic heterocycles. The molecule has 0 N–H and O–H groups in total. The largest absolute Gasteiger partial charge is 0.494 e. The van der Waals surface area contributed by atoms with Gasteiger partial charge in [0.15, 0.2) is 11.6 Å². The molecule has 116 valence electrons. The van der Waals surface area contributed by atoms with Crippen molar-refractivity contribution in [3.8, 4) is 5.75 Å². The van der Waals surface area contributed by atoms with E-state index in [9.17, 15) is 12.8 Å². The summed E-state index contributed by atoms with van der Waals surface area (Å²) in [5.74, 6) is -0.660. The minimum atomic E-state index is -3.79. The Balaban J connectivity index is 2.06. The average molecular weight is 321 g/mol. The normalized spacial score (nSPS) is 14.5. The molecule has 0 amide bonds. The number of para-hydroxylation sites is 1. The average Bonchev–Trinajstić information content (AvgIpc) is 2.54. The Morgan fingerprint density at radius 2 is 1.95 bits per heavy atom. The zero-order valence-electron chi connectivity index (χ0n) is 12.1. The standard InChI is InChI=1S/C16H16FNO3S/c1-21-16-9-8-13(11-14(16)17)22(19,20)18-10-4-6-12-5-2-3-7-15(12)18/h2-3,5,7-9,11H,4,6,10H2,1H3. The number of rotatable bonds is 3. The minimum absolute atomic E-state index is 0.0259. The van der Waals surface area contributed by atoms with Crippen molar-refractivity contribution < 1.29 is 17.5 Å². The Morgan fingerprint density at radius 1 is 1.18 bits per heavy atom. The Kier molecular flexibility index (Phi) is 3.78. The number of nitrogens with zero attached hydrogens (tertiary/aromatic N) is 1. The van der Waals surface area contributed by atoms with E-state index in [4.69, 9.17) is 4.74 Å². The first-order chi connectivity index (χ1) is 10.5. The molecular formula is C16H16FNO3S. The van der Waals surface area contributed by atoms with Gasteiger partial charge in [-0.2, -0.15) is 0 Å². The van der Waals surface area contributed by atoms with Gasteiger partial charge in [0.25, 0.3) is 10.0 Å². The molecule has 0 spiro atoms. The number of benzene rings is 2. The smallest absolute Gasteiger partial charge is 0.264 e. The molecule has 1 aliphatic rings. The first-order valence-corrected chi connectivity index (χ1v) is 8.42. The number of methoxy groups -OCH3 is 1. The second-order valence-corrected chi connectivity index (χ2v) is 6.97. The molecule has 0 aliphatic carbocycles. The summed E-state index contributed by atoms with van der Waals surface area (Å²) in [7, 11) is -2.44. The summed E-state index contributed by atoms with van der Waals surface area (Å²) in [4.78, 5) is -0.0671. The molecule has 22 heavy (non-hydrogen) atoms. The van der Waals surface area contributed by atoms with E-state index in [0.29, 0.717) is 12.2 Å². The van der Waals surface area contributed by atoms with Crippen molar-refractivity contribution in [2.75, 3.05) is 18.0 Å². The van der Waals surface area contributed by atoms with Crippen molar-refractivity contribution >= 4 is 15.7 Å².